The Morgan fingerprint density at radius 3 is 2.38 bits per heavy atom. The summed E-state index contributed by atoms with van der Waals surface area (Å²) in [6.07, 6.45) is 0.672. The number of hydrogen-bond acceptors (Lipinski definition) is 6. The zero-order valence-electron chi connectivity index (χ0n) is 16.7. The summed E-state index contributed by atoms with van der Waals surface area (Å²) in [6, 6.07) is 1.71. The van der Waals surface area contributed by atoms with Crippen LogP contribution in [0.2, 0.25) is 0 Å². The fraction of sp³-hybridized carbons (Fsp3) is 0.632. The lowest BCUT2D eigenvalue weighted by molar-refractivity contribution is -0.386. The number of rotatable bonds is 8. The molecule has 1 atom stereocenters. The van der Waals surface area contributed by atoms with Gasteiger partial charge < -0.3 is 14.2 Å². The summed E-state index contributed by atoms with van der Waals surface area (Å²) < 4.78 is 16.4. The van der Waals surface area contributed by atoms with Crippen molar-refractivity contribution in [2.24, 2.45) is 0 Å². The molecule has 0 aliphatic carbocycles. The van der Waals surface area contributed by atoms with Gasteiger partial charge in [-0.05, 0) is 52.7 Å². The van der Waals surface area contributed by atoms with E-state index in [2.05, 4.69) is 0 Å². The zero-order valence-corrected chi connectivity index (χ0v) is 16.7. The molecule has 0 aliphatic heterocycles. The van der Waals surface area contributed by atoms with Gasteiger partial charge in [-0.3, -0.25) is 10.1 Å². The number of carbonyl (C=O) groups is 1. The van der Waals surface area contributed by atoms with Crippen molar-refractivity contribution >= 4 is 11.7 Å². The second-order valence-corrected chi connectivity index (χ2v) is 7.18. The van der Waals surface area contributed by atoms with Gasteiger partial charge in [0.2, 0.25) is 0 Å². The molecule has 0 aromatic heterocycles. The Morgan fingerprint density at radius 2 is 1.92 bits per heavy atom. The minimum atomic E-state index is -1.05. The number of methoxy groups -OCH3 is 1. The van der Waals surface area contributed by atoms with Crippen molar-refractivity contribution in [2.75, 3.05) is 13.7 Å². The number of carbonyl (C=O) groups excluding carboxylic acids is 1. The first kappa shape index (κ1) is 21.9. The third-order valence-corrected chi connectivity index (χ3v) is 3.83. The monoisotopic (exact) mass is 367 g/mol. The summed E-state index contributed by atoms with van der Waals surface area (Å²) >= 11 is 0. The number of aryl methyl sites for hydroxylation is 1. The van der Waals surface area contributed by atoms with E-state index in [1.165, 1.54) is 7.11 Å². The van der Waals surface area contributed by atoms with E-state index in [1.54, 1.807) is 19.9 Å². The Kier molecular flexibility index (Phi) is 7.56. The Bertz CT molecular complexity index is 663. The van der Waals surface area contributed by atoms with Gasteiger partial charge in [-0.1, -0.05) is 13.3 Å². The van der Waals surface area contributed by atoms with Gasteiger partial charge >= 0.3 is 11.7 Å². The zero-order chi connectivity index (χ0) is 20.1. The highest BCUT2D eigenvalue weighted by Gasteiger charge is 2.34. The Labute approximate surface area is 154 Å². The molecule has 0 amide bonds. The standard InChI is InChI=1S/C19H29NO6/c1-8-9-10-25-16-12(2)11-14(13(3)15(16)20(22)23)17(18(21)24-7)26-19(4,5)6/h11,17H,8-10H2,1-7H3/t17-/m0/s1. The van der Waals surface area contributed by atoms with E-state index in [0.717, 1.165) is 12.8 Å². The van der Waals surface area contributed by atoms with E-state index < -0.39 is 22.6 Å². The molecule has 0 radical (unpaired) electrons. The number of nitro benzene ring substituents is 1. The Morgan fingerprint density at radius 1 is 1.31 bits per heavy atom. The van der Waals surface area contributed by atoms with Gasteiger partial charge in [0.1, 0.15) is 0 Å². The molecular weight excluding hydrogens is 338 g/mol. The molecule has 1 aromatic rings. The second kappa shape index (κ2) is 8.98. The predicted molar refractivity (Wildman–Crippen MR) is 98.6 cm³/mol. The third-order valence-electron chi connectivity index (χ3n) is 3.83. The molecule has 7 nitrogen and oxygen atoms in total. The summed E-state index contributed by atoms with van der Waals surface area (Å²) in [4.78, 5) is 23.5. The maximum absolute atomic E-state index is 12.3. The van der Waals surface area contributed by atoms with Crippen LogP contribution in [-0.4, -0.2) is 30.2 Å². The lowest BCUT2D eigenvalue weighted by Crippen LogP contribution is -2.29. The van der Waals surface area contributed by atoms with E-state index >= 15 is 0 Å². The quantitative estimate of drug-likeness (QED) is 0.292. The Balaban J connectivity index is 3.51. The normalized spacial score (nSPS) is 12.6. The second-order valence-electron chi connectivity index (χ2n) is 7.18. The summed E-state index contributed by atoms with van der Waals surface area (Å²) in [7, 11) is 1.26. The van der Waals surface area contributed by atoms with Crippen molar-refractivity contribution in [3.8, 4) is 5.75 Å². The van der Waals surface area contributed by atoms with Crippen LogP contribution in [0.5, 0.6) is 5.75 Å². The van der Waals surface area contributed by atoms with Crippen molar-refractivity contribution in [1.82, 2.24) is 0 Å². The number of nitrogens with zero attached hydrogens (tertiary/aromatic N) is 1. The van der Waals surface area contributed by atoms with Gasteiger partial charge in [0.25, 0.3) is 0 Å². The lowest BCUT2D eigenvalue weighted by atomic mass is 9.97. The first-order chi connectivity index (χ1) is 12.0. The van der Waals surface area contributed by atoms with Crippen molar-refractivity contribution in [3.63, 3.8) is 0 Å². The lowest BCUT2D eigenvalue weighted by Gasteiger charge is -2.27. The van der Waals surface area contributed by atoms with E-state index in [9.17, 15) is 14.9 Å². The molecule has 0 N–H and O–H groups in total. The first-order valence-electron chi connectivity index (χ1n) is 8.70. The van der Waals surface area contributed by atoms with Crippen LogP contribution in [0.4, 0.5) is 5.69 Å². The van der Waals surface area contributed by atoms with Crippen LogP contribution in [0.1, 0.15) is 63.3 Å². The summed E-state index contributed by atoms with van der Waals surface area (Å²) in [5.74, 6) is -0.361. The molecule has 0 saturated carbocycles. The van der Waals surface area contributed by atoms with Crippen molar-refractivity contribution in [2.45, 2.75) is 66.1 Å². The van der Waals surface area contributed by atoms with Gasteiger partial charge in [0.05, 0.1) is 24.2 Å². The number of benzene rings is 1. The van der Waals surface area contributed by atoms with Crippen molar-refractivity contribution < 1.29 is 23.9 Å². The summed E-state index contributed by atoms with van der Waals surface area (Å²) in [5, 5.41) is 11.7. The van der Waals surface area contributed by atoms with E-state index in [1.807, 2.05) is 27.7 Å². The Hall–Kier alpha value is -2.15. The smallest absolute Gasteiger partial charge is 0.339 e. The molecule has 0 bridgehead atoms. The summed E-state index contributed by atoms with van der Waals surface area (Å²) in [6.45, 7) is 11.2. The van der Waals surface area contributed by atoms with Crippen LogP contribution in [-0.2, 0) is 14.3 Å². The van der Waals surface area contributed by atoms with Crippen LogP contribution in [0.25, 0.3) is 0 Å². The van der Waals surface area contributed by atoms with E-state index in [-0.39, 0.29) is 11.4 Å². The van der Waals surface area contributed by atoms with Gasteiger partial charge in [-0.25, -0.2) is 4.79 Å². The molecule has 26 heavy (non-hydrogen) atoms. The average molecular weight is 367 g/mol. The van der Waals surface area contributed by atoms with Gasteiger partial charge in [0, 0.05) is 11.1 Å². The number of unbranched alkanes of at least 4 members (excludes halogenated alkanes) is 1. The minimum absolute atomic E-state index is 0.137. The van der Waals surface area contributed by atoms with Crippen LogP contribution in [0.3, 0.4) is 0 Å². The molecule has 1 rings (SSSR count). The molecule has 0 aliphatic rings. The topological polar surface area (TPSA) is 87.9 Å². The van der Waals surface area contributed by atoms with Crippen LogP contribution in [0, 0.1) is 24.0 Å². The van der Waals surface area contributed by atoms with E-state index in [0.29, 0.717) is 23.3 Å². The van der Waals surface area contributed by atoms with Gasteiger partial charge in [0.15, 0.2) is 11.9 Å². The molecule has 0 saturated heterocycles. The van der Waals surface area contributed by atoms with Crippen LogP contribution >= 0.6 is 0 Å². The highest BCUT2D eigenvalue weighted by Crippen LogP contribution is 2.40. The van der Waals surface area contributed by atoms with Gasteiger partial charge in [-0.15, -0.1) is 0 Å². The van der Waals surface area contributed by atoms with Gasteiger partial charge in [-0.2, -0.15) is 0 Å². The third kappa shape index (κ3) is 5.42. The number of esters is 1. The molecular formula is C19H29NO6. The molecule has 0 spiro atoms. The van der Waals surface area contributed by atoms with Crippen LogP contribution in [0.15, 0.2) is 6.07 Å². The predicted octanol–water partition coefficient (Wildman–Crippen LogP) is 4.42. The molecule has 146 valence electrons. The highest BCUT2D eigenvalue weighted by atomic mass is 16.6. The number of ether oxygens (including phenoxy) is 3. The fourth-order valence-corrected chi connectivity index (χ4v) is 2.59. The summed E-state index contributed by atoms with van der Waals surface area (Å²) in [5.41, 5.74) is 0.567. The average Bonchev–Trinajstić information content (AvgIpc) is 2.53. The first-order valence-corrected chi connectivity index (χ1v) is 8.70. The molecule has 1 aromatic carbocycles. The highest BCUT2D eigenvalue weighted by molar-refractivity contribution is 5.78. The van der Waals surface area contributed by atoms with Crippen molar-refractivity contribution in [3.05, 3.63) is 32.9 Å². The van der Waals surface area contributed by atoms with Crippen molar-refractivity contribution in [1.29, 1.82) is 0 Å². The largest absolute Gasteiger partial charge is 0.487 e. The number of hydrogen-bond donors (Lipinski definition) is 0. The minimum Gasteiger partial charge on any atom is -0.487 e. The maximum atomic E-state index is 12.3. The molecule has 7 heteroatoms. The fourth-order valence-electron chi connectivity index (χ4n) is 2.59. The number of nitro groups is 1. The van der Waals surface area contributed by atoms with Crippen LogP contribution < -0.4 is 4.74 Å². The molecule has 0 unspecified atom stereocenters. The molecule has 0 heterocycles. The SMILES string of the molecule is CCCCOc1c(C)cc([C@H](OC(C)(C)C)C(=O)OC)c(C)c1[N+](=O)[O-]. The molecule has 0 fully saturated rings. The van der Waals surface area contributed by atoms with E-state index in [4.69, 9.17) is 14.2 Å². The maximum Gasteiger partial charge on any atom is 0.339 e.